The van der Waals surface area contributed by atoms with Gasteiger partial charge < -0.3 is 10.1 Å². The van der Waals surface area contributed by atoms with Crippen molar-refractivity contribution in [3.8, 4) is 0 Å². The maximum Gasteiger partial charge on any atom is 0.343 e. The molecule has 0 aliphatic heterocycles. The molecule has 0 bridgehead atoms. The first kappa shape index (κ1) is 11.4. The predicted molar refractivity (Wildman–Crippen MR) is 64.0 cm³/mol. The molecule has 0 unspecified atom stereocenters. The summed E-state index contributed by atoms with van der Waals surface area (Å²) in [6.45, 7) is 4.99. The van der Waals surface area contributed by atoms with Crippen molar-refractivity contribution >= 4 is 22.5 Å². The van der Waals surface area contributed by atoms with Crippen LogP contribution in [0.4, 0.5) is 5.00 Å². The SMILES string of the molecule is CCOC(=O)c1c(C)nsc1NCC1CC1. The van der Waals surface area contributed by atoms with Crippen LogP contribution in [0.15, 0.2) is 0 Å². The zero-order chi connectivity index (χ0) is 11.5. The zero-order valence-corrected chi connectivity index (χ0v) is 10.4. The Morgan fingerprint density at radius 1 is 1.62 bits per heavy atom. The number of aryl methyl sites for hydroxylation is 1. The average Bonchev–Trinajstić information content (AvgIpc) is 3.00. The number of anilines is 1. The van der Waals surface area contributed by atoms with Gasteiger partial charge in [-0.2, -0.15) is 4.37 Å². The van der Waals surface area contributed by atoms with Gasteiger partial charge >= 0.3 is 5.97 Å². The smallest absolute Gasteiger partial charge is 0.343 e. The van der Waals surface area contributed by atoms with Crippen molar-refractivity contribution < 1.29 is 9.53 Å². The summed E-state index contributed by atoms with van der Waals surface area (Å²) >= 11 is 1.34. The minimum absolute atomic E-state index is 0.271. The van der Waals surface area contributed by atoms with E-state index in [1.807, 2.05) is 13.8 Å². The van der Waals surface area contributed by atoms with Crippen LogP contribution in [0.3, 0.4) is 0 Å². The summed E-state index contributed by atoms with van der Waals surface area (Å²) in [7, 11) is 0. The first-order valence-electron chi connectivity index (χ1n) is 5.59. The molecule has 1 heterocycles. The number of nitrogens with zero attached hydrogens (tertiary/aromatic N) is 1. The number of nitrogens with one attached hydrogen (secondary N) is 1. The van der Waals surface area contributed by atoms with Crippen LogP contribution in [-0.2, 0) is 4.74 Å². The second-order valence-corrected chi connectivity index (χ2v) is 4.79. The molecule has 1 aliphatic carbocycles. The van der Waals surface area contributed by atoms with Crippen LogP contribution in [0.25, 0.3) is 0 Å². The molecular weight excluding hydrogens is 224 g/mol. The van der Waals surface area contributed by atoms with Crippen LogP contribution in [0.1, 0.15) is 35.8 Å². The van der Waals surface area contributed by atoms with Gasteiger partial charge in [0.1, 0.15) is 10.6 Å². The average molecular weight is 240 g/mol. The maximum absolute atomic E-state index is 11.7. The molecule has 1 aliphatic rings. The normalized spacial score (nSPS) is 14.9. The number of esters is 1. The van der Waals surface area contributed by atoms with E-state index in [0.29, 0.717) is 12.2 Å². The third-order valence-corrected chi connectivity index (χ3v) is 3.49. The number of rotatable bonds is 5. The molecule has 16 heavy (non-hydrogen) atoms. The maximum atomic E-state index is 11.7. The highest BCUT2D eigenvalue weighted by Crippen LogP contribution is 2.31. The molecule has 5 heteroatoms. The van der Waals surface area contributed by atoms with Gasteiger partial charge in [-0.15, -0.1) is 0 Å². The van der Waals surface area contributed by atoms with E-state index in [9.17, 15) is 4.79 Å². The van der Waals surface area contributed by atoms with Crippen molar-refractivity contribution in [3.63, 3.8) is 0 Å². The standard InChI is InChI=1S/C11H16N2O2S/c1-3-15-11(14)9-7(2)13-16-10(9)12-6-8-4-5-8/h8,12H,3-6H2,1-2H3. The molecule has 1 aromatic rings. The topological polar surface area (TPSA) is 51.2 Å². The van der Waals surface area contributed by atoms with Crippen molar-refractivity contribution in [2.45, 2.75) is 26.7 Å². The van der Waals surface area contributed by atoms with Crippen LogP contribution in [-0.4, -0.2) is 23.5 Å². The van der Waals surface area contributed by atoms with Gasteiger partial charge in [-0.3, -0.25) is 0 Å². The second-order valence-electron chi connectivity index (χ2n) is 4.02. The zero-order valence-electron chi connectivity index (χ0n) is 9.58. The molecule has 1 aromatic heterocycles. The summed E-state index contributed by atoms with van der Waals surface area (Å²) in [6.07, 6.45) is 2.58. The van der Waals surface area contributed by atoms with Crippen LogP contribution >= 0.6 is 11.5 Å². The molecule has 1 N–H and O–H groups in total. The Morgan fingerprint density at radius 2 is 2.38 bits per heavy atom. The van der Waals surface area contributed by atoms with Gasteiger partial charge in [-0.05, 0) is 44.1 Å². The Balaban J connectivity index is 2.07. The summed E-state index contributed by atoms with van der Waals surface area (Å²) in [4.78, 5) is 11.7. The van der Waals surface area contributed by atoms with Crippen molar-refractivity contribution in [3.05, 3.63) is 11.3 Å². The summed E-state index contributed by atoms with van der Waals surface area (Å²) < 4.78 is 9.21. The van der Waals surface area contributed by atoms with Gasteiger partial charge in [-0.1, -0.05) is 0 Å². The van der Waals surface area contributed by atoms with Crippen LogP contribution in [0.5, 0.6) is 0 Å². The number of carbonyl (C=O) groups is 1. The Kier molecular flexibility index (Phi) is 3.43. The van der Waals surface area contributed by atoms with E-state index >= 15 is 0 Å². The molecule has 88 valence electrons. The number of carbonyl (C=O) groups excluding carboxylic acids is 1. The fraction of sp³-hybridized carbons (Fsp3) is 0.636. The summed E-state index contributed by atoms with van der Waals surface area (Å²) in [5.74, 6) is 0.504. The first-order chi connectivity index (χ1) is 7.72. The fourth-order valence-corrected chi connectivity index (χ4v) is 2.28. The van der Waals surface area contributed by atoms with E-state index in [0.717, 1.165) is 23.2 Å². The lowest BCUT2D eigenvalue weighted by atomic mass is 10.2. The molecule has 4 nitrogen and oxygen atoms in total. The molecule has 1 saturated carbocycles. The molecule has 1 fully saturated rings. The Labute approximate surface area is 99.2 Å². The summed E-state index contributed by atoms with van der Waals surface area (Å²) in [6, 6.07) is 0. The van der Waals surface area contributed by atoms with Gasteiger partial charge in [-0.25, -0.2) is 4.79 Å². The lowest BCUT2D eigenvalue weighted by molar-refractivity contribution is 0.0527. The first-order valence-corrected chi connectivity index (χ1v) is 6.37. The van der Waals surface area contributed by atoms with Crippen LogP contribution in [0, 0.1) is 12.8 Å². The van der Waals surface area contributed by atoms with Crippen molar-refractivity contribution in [2.75, 3.05) is 18.5 Å². The molecule has 0 saturated heterocycles. The molecule has 0 spiro atoms. The Hall–Kier alpha value is -1.10. The van der Waals surface area contributed by atoms with E-state index in [4.69, 9.17) is 4.74 Å². The van der Waals surface area contributed by atoms with E-state index < -0.39 is 0 Å². The molecule has 0 atom stereocenters. The predicted octanol–water partition coefficient (Wildman–Crippen LogP) is 2.45. The van der Waals surface area contributed by atoms with E-state index in [-0.39, 0.29) is 5.97 Å². The third-order valence-electron chi connectivity index (χ3n) is 2.59. The van der Waals surface area contributed by atoms with Gasteiger partial charge in [0, 0.05) is 6.54 Å². The molecular formula is C11H16N2O2S. The number of hydrogen-bond donors (Lipinski definition) is 1. The molecule has 0 amide bonds. The molecule has 0 aromatic carbocycles. The minimum atomic E-state index is -0.271. The van der Waals surface area contributed by atoms with Crippen LogP contribution < -0.4 is 5.32 Å². The fourth-order valence-electron chi connectivity index (χ4n) is 1.49. The van der Waals surface area contributed by atoms with Crippen LogP contribution in [0.2, 0.25) is 0 Å². The van der Waals surface area contributed by atoms with Crippen molar-refractivity contribution in [1.82, 2.24) is 4.37 Å². The number of aromatic nitrogens is 1. The molecule has 2 rings (SSSR count). The Bertz CT molecular complexity index is 385. The van der Waals surface area contributed by atoms with E-state index in [1.54, 1.807) is 0 Å². The minimum Gasteiger partial charge on any atom is -0.462 e. The van der Waals surface area contributed by atoms with Gasteiger partial charge in [0.15, 0.2) is 0 Å². The largest absolute Gasteiger partial charge is 0.462 e. The highest BCUT2D eigenvalue weighted by molar-refractivity contribution is 7.10. The lowest BCUT2D eigenvalue weighted by Crippen LogP contribution is -2.10. The van der Waals surface area contributed by atoms with Gasteiger partial charge in [0.25, 0.3) is 0 Å². The van der Waals surface area contributed by atoms with Crippen molar-refractivity contribution in [2.24, 2.45) is 5.92 Å². The van der Waals surface area contributed by atoms with Crippen molar-refractivity contribution in [1.29, 1.82) is 0 Å². The summed E-state index contributed by atoms with van der Waals surface area (Å²) in [5, 5.41) is 4.14. The Morgan fingerprint density at radius 3 is 3.00 bits per heavy atom. The third kappa shape index (κ3) is 2.52. The monoisotopic (exact) mass is 240 g/mol. The van der Waals surface area contributed by atoms with E-state index in [1.165, 1.54) is 24.4 Å². The highest BCUT2D eigenvalue weighted by Gasteiger charge is 2.24. The molecule has 0 radical (unpaired) electrons. The quantitative estimate of drug-likeness (QED) is 0.803. The van der Waals surface area contributed by atoms with Gasteiger partial charge in [0.2, 0.25) is 0 Å². The highest BCUT2D eigenvalue weighted by atomic mass is 32.1. The summed E-state index contributed by atoms with van der Waals surface area (Å²) in [5.41, 5.74) is 1.36. The second kappa shape index (κ2) is 4.82. The number of ether oxygens (including phenoxy) is 1. The van der Waals surface area contributed by atoms with Gasteiger partial charge in [0.05, 0.1) is 12.3 Å². The van der Waals surface area contributed by atoms with E-state index in [2.05, 4.69) is 9.69 Å². The lowest BCUT2D eigenvalue weighted by Gasteiger charge is -2.05. The number of hydrogen-bond acceptors (Lipinski definition) is 5.